The van der Waals surface area contributed by atoms with Crippen molar-refractivity contribution in [2.24, 2.45) is 0 Å². The van der Waals surface area contributed by atoms with Gasteiger partial charge < -0.3 is 20.1 Å². The van der Waals surface area contributed by atoms with Gasteiger partial charge in [-0.1, -0.05) is 17.3 Å². The number of phenols is 1. The van der Waals surface area contributed by atoms with Crippen LogP contribution < -0.4 is 10.5 Å². The molecule has 2 rings (SSSR count). The molecule has 0 aliphatic carbocycles. The number of rotatable bonds is 2. The number of hydrogen-bond acceptors (Lipinski definition) is 6. The van der Waals surface area contributed by atoms with Crippen molar-refractivity contribution < 1.29 is 19.2 Å². The third-order valence-electron chi connectivity index (χ3n) is 1.81. The lowest BCUT2D eigenvalue weighted by Gasteiger charge is -2.02. The van der Waals surface area contributed by atoms with Crippen molar-refractivity contribution in [3.05, 3.63) is 36.0 Å². The number of aromatic hydroxyl groups is 1. The molecule has 0 saturated heterocycles. The van der Waals surface area contributed by atoms with Crippen LogP contribution in [0.2, 0.25) is 0 Å². The smallest absolute Gasteiger partial charge is 0.366 e. The molecule has 0 aliphatic heterocycles. The van der Waals surface area contributed by atoms with Gasteiger partial charge in [0.25, 0.3) is 0 Å². The first kappa shape index (κ1) is 10.0. The SMILES string of the molecule is Nc1cc(C(=O)Oc2ccccc2O)no1. The van der Waals surface area contributed by atoms with Gasteiger partial charge >= 0.3 is 5.97 Å². The molecule has 0 unspecified atom stereocenters. The second-order valence-electron chi connectivity index (χ2n) is 2.97. The number of esters is 1. The van der Waals surface area contributed by atoms with Crippen LogP contribution in [0.1, 0.15) is 10.5 Å². The highest BCUT2D eigenvalue weighted by Gasteiger charge is 2.15. The zero-order chi connectivity index (χ0) is 11.5. The fourth-order valence-electron chi connectivity index (χ4n) is 1.08. The van der Waals surface area contributed by atoms with Crippen molar-refractivity contribution in [2.75, 3.05) is 5.73 Å². The maximum Gasteiger partial charge on any atom is 0.366 e. The number of phenolic OH excluding ortho intramolecular Hbond substituents is 1. The average Bonchev–Trinajstić information content (AvgIpc) is 2.68. The molecule has 0 amide bonds. The van der Waals surface area contributed by atoms with E-state index in [0.29, 0.717) is 0 Å². The highest BCUT2D eigenvalue weighted by Crippen LogP contribution is 2.25. The molecule has 0 aliphatic rings. The van der Waals surface area contributed by atoms with Crippen molar-refractivity contribution in [3.63, 3.8) is 0 Å². The lowest BCUT2D eigenvalue weighted by molar-refractivity contribution is 0.0719. The third kappa shape index (κ3) is 1.95. The van der Waals surface area contributed by atoms with Gasteiger partial charge in [-0.2, -0.15) is 0 Å². The monoisotopic (exact) mass is 220 g/mol. The van der Waals surface area contributed by atoms with Crippen molar-refractivity contribution in [3.8, 4) is 11.5 Å². The summed E-state index contributed by atoms with van der Waals surface area (Å²) in [7, 11) is 0. The Morgan fingerprint density at radius 1 is 1.44 bits per heavy atom. The van der Waals surface area contributed by atoms with Crippen LogP contribution in [0.15, 0.2) is 34.9 Å². The molecule has 2 aromatic rings. The van der Waals surface area contributed by atoms with Crippen molar-refractivity contribution in [1.82, 2.24) is 5.16 Å². The van der Waals surface area contributed by atoms with Gasteiger partial charge in [0.05, 0.1) is 0 Å². The molecule has 3 N–H and O–H groups in total. The number of hydrogen-bond donors (Lipinski definition) is 2. The quantitative estimate of drug-likeness (QED) is 0.582. The van der Waals surface area contributed by atoms with E-state index in [4.69, 9.17) is 10.5 Å². The number of carbonyl (C=O) groups excluding carboxylic acids is 1. The highest BCUT2D eigenvalue weighted by molar-refractivity contribution is 5.89. The molecule has 16 heavy (non-hydrogen) atoms. The minimum atomic E-state index is -0.748. The van der Waals surface area contributed by atoms with Crippen LogP contribution >= 0.6 is 0 Å². The molecule has 1 heterocycles. The number of carbonyl (C=O) groups is 1. The number of benzene rings is 1. The Morgan fingerprint density at radius 3 is 2.81 bits per heavy atom. The van der Waals surface area contributed by atoms with Gasteiger partial charge in [0.15, 0.2) is 17.2 Å². The Morgan fingerprint density at radius 2 is 2.19 bits per heavy atom. The van der Waals surface area contributed by atoms with Crippen molar-refractivity contribution in [2.45, 2.75) is 0 Å². The number of anilines is 1. The molecular formula is C10H8N2O4. The minimum Gasteiger partial charge on any atom is -0.504 e. The van der Waals surface area contributed by atoms with Gasteiger partial charge in [0.2, 0.25) is 5.88 Å². The molecular weight excluding hydrogens is 212 g/mol. The van der Waals surface area contributed by atoms with E-state index in [1.807, 2.05) is 0 Å². The van der Waals surface area contributed by atoms with Gasteiger partial charge in [-0.25, -0.2) is 4.79 Å². The normalized spacial score (nSPS) is 10.0. The Bertz CT molecular complexity index is 521. The number of aromatic nitrogens is 1. The summed E-state index contributed by atoms with van der Waals surface area (Å²) in [5.74, 6) is -0.812. The average molecular weight is 220 g/mol. The summed E-state index contributed by atoms with van der Waals surface area (Å²) in [6.45, 7) is 0. The molecule has 0 atom stereocenters. The first-order chi connectivity index (χ1) is 7.66. The van der Waals surface area contributed by atoms with Crippen LogP contribution in [0.25, 0.3) is 0 Å². The molecule has 6 heteroatoms. The van der Waals surface area contributed by atoms with E-state index in [1.165, 1.54) is 18.2 Å². The fraction of sp³-hybridized carbons (Fsp3) is 0. The largest absolute Gasteiger partial charge is 0.504 e. The zero-order valence-electron chi connectivity index (χ0n) is 8.08. The Labute approximate surface area is 90.2 Å². The first-order valence-electron chi connectivity index (χ1n) is 4.39. The van der Waals surface area contributed by atoms with Crippen LogP contribution in [-0.4, -0.2) is 16.2 Å². The molecule has 1 aromatic carbocycles. The van der Waals surface area contributed by atoms with E-state index in [9.17, 15) is 9.90 Å². The van der Waals surface area contributed by atoms with E-state index < -0.39 is 5.97 Å². The number of para-hydroxylation sites is 2. The molecule has 6 nitrogen and oxygen atoms in total. The van der Waals surface area contributed by atoms with Crippen LogP contribution in [0.5, 0.6) is 11.5 Å². The molecule has 0 fully saturated rings. The maximum atomic E-state index is 11.5. The number of nitrogen functional groups attached to an aromatic ring is 1. The topological polar surface area (TPSA) is 98.6 Å². The predicted molar refractivity (Wildman–Crippen MR) is 54.0 cm³/mol. The Balaban J connectivity index is 2.17. The highest BCUT2D eigenvalue weighted by atomic mass is 16.5. The molecule has 0 bridgehead atoms. The maximum absolute atomic E-state index is 11.5. The van der Waals surface area contributed by atoms with Crippen LogP contribution in [0, 0.1) is 0 Å². The van der Waals surface area contributed by atoms with Gasteiger partial charge in [-0.3, -0.25) is 0 Å². The fourth-order valence-corrected chi connectivity index (χ4v) is 1.08. The van der Waals surface area contributed by atoms with Crippen molar-refractivity contribution >= 4 is 11.9 Å². The molecule has 82 valence electrons. The van der Waals surface area contributed by atoms with Crippen LogP contribution in [0.4, 0.5) is 5.88 Å². The summed E-state index contributed by atoms with van der Waals surface area (Å²) < 4.78 is 9.40. The van der Waals surface area contributed by atoms with E-state index in [1.54, 1.807) is 12.1 Å². The first-order valence-corrected chi connectivity index (χ1v) is 4.39. The van der Waals surface area contributed by atoms with E-state index in [-0.39, 0.29) is 23.1 Å². The standard InChI is InChI=1S/C10H8N2O4/c11-9-5-6(12-16-9)10(14)15-8-4-2-1-3-7(8)13/h1-5,13H,11H2. The summed E-state index contributed by atoms with van der Waals surface area (Å²) in [5.41, 5.74) is 5.20. The second kappa shape index (κ2) is 3.93. The van der Waals surface area contributed by atoms with Gasteiger partial charge in [-0.05, 0) is 12.1 Å². The Hall–Kier alpha value is -2.50. The summed E-state index contributed by atoms with van der Waals surface area (Å²) in [5, 5.41) is 12.8. The summed E-state index contributed by atoms with van der Waals surface area (Å²) in [4.78, 5) is 11.5. The molecule has 0 spiro atoms. The van der Waals surface area contributed by atoms with Gasteiger partial charge in [-0.15, -0.1) is 0 Å². The molecule has 0 saturated carbocycles. The number of nitrogens with two attached hydrogens (primary N) is 1. The molecule has 0 radical (unpaired) electrons. The third-order valence-corrected chi connectivity index (χ3v) is 1.81. The zero-order valence-corrected chi connectivity index (χ0v) is 8.08. The predicted octanol–water partition coefficient (Wildman–Crippen LogP) is 1.18. The minimum absolute atomic E-state index is 0.0178. The van der Waals surface area contributed by atoms with Crippen molar-refractivity contribution in [1.29, 1.82) is 0 Å². The lowest BCUT2D eigenvalue weighted by atomic mass is 10.3. The molecule has 1 aromatic heterocycles. The number of ether oxygens (including phenoxy) is 1. The van der Waals surface area contributed by atoms with E-state index in [0.717, 1.165) is 0 Å². The van der Waals surface area contributed by atoms with Crippen LogP contribution in [0.3, 0.4) is 0 Å². The van der Waals surface area contributed by atoms with E-state index in [2.05, 4.69) is 9.68 Å². The lowest BCUT2D eigenvalue weighted by Crippen LogP contribution is -2.08. The summed E-state index contributed by atoms with van der Waals surface area (Å²) in [6, 6.07) is 7.33. The summed E-state index contributed by atoms with van der Waals surface area (Å²) >= 11 is 0. The Kier molecular flexibility index (Phi) is 2.47. The van der Waals surface area contributed by atoms with E-state index >= 15 is 0 Å². The van der Waals surface area contributed by atoms with Gasteiger partial charge in [0, 0.05) is 6.07 Å². The van der Waals surface area contributed by atoms with Crippen LogP contribution in [-0.2, 0) is 0 Å². The summed E-state index contributed by atoms with van der Waals surface area (Å²) in [6.07, 6.45) is 0. The second-order valence-corrected chi connectivity index (χ2v) is 2.97. The number of nitrogens with zero attached hydrogens (tertiary/aromatic N) is 1. The van der Waals surface area contributed by atoms with Gasteiger partial charge in [0.1, 0.15) is 0 Å².